The molecule has 0 aliphatic heterocycles. The molecule has 0 saturated carbocycles. The van der Waals surface area contributed by atoms with Gasteiger partial charge in [-0.2, -0.15) is 5.10 Å². The second-order valence-electron chi connectivity index (χ2n) is 4.36. The highest BCUT2D eigenvalue weighted by Gasteiger charge is 2.14. The van der Waals surface area contributed by atoms with Crippen LogP contribution in [0.15, 0.2) is 24.4 Å². The number of benzene rings is 1. The van der Waals surface area contributed by atoms with Gasteiger partial charge >= 0.3 is 5.97 Å². The van der Waals surface area contributed by atoms with E-state index in [9.17, 15) is 9.59 Å². The van der Waals surface area contributed by atoms with Crippen molar-refractivity contribution in [3.05, 3.63) is 41.2 Å². The number of hydrogen-bond donors (Lipinski definition) is 3. The van der Waals surface area contributed by atoms with E-state index >= 15 is 0 Å². The number of carbonyl (C=O) groups is 2. The molecule has 7 heteroatoms. The number of rotatable bonds is 3. The van der Waals surface area contributed by atoms with Crippen LogP contribution >= 0.6 is 0 Å². The molecule has 0 radical (unpaired) electrons. The molecular formula is C13H14N4O3. The Hall–Kier alpha value is -2.83. The molecule has 7 nitrogen and oxygen atoms in total. The van der Waals surface area contributed by atoms with Crippen LogP contribution in [0.1, 0.15) is 26.4 Å². The van der Waals surface area contributed by atoms with Crippen molar-refractivity contribution in [2.24, 2.45) is 7.05 Å². The molecular weight excluding hydrogens is 260 g/mol. The molecule has 20 heavy (non-hydrogen) atoms. The van der Waals surface area contributed by atoms with E-state index in [2.05, 4.69) is 10.4 Å². The minimum Gasteiger partial charge on any atom is -0.478 e. The Labute approximate surface area is 115 Å². The number of carboxylic acids is 1. The minimum absolute atomic E-state index is 0.0676. The van der Waals surface area contributed by atoms with Crippen LogP contribution in [0.25, 0.3) is 0 Å². The van der Waals surface area contributed by atoms with Crippen LogP contribution in [0, 0.1) is 6.92 Å². The number of aromatic nitrogens is 2. The molecule has 0 fully saturated rings. The Morgan fingerprint density at radius 2 is 2.10 bits per heavy atom. The van der Waals surface area contributed by atoms with Gasteiger partial charge < -0.3 is 16.2 Å². The highest BCUT2D eigenvalue weighted by atomic mass is 16.4. The Kier molecular flexibility index (Phi) is 3.43. The van der Waals surface area contributed by atoms with Gasteiger partial charge in [0.2, 0.25) is 0 Å². The molecule has 2 aromatic rings. The maximum Gasteiger partial charge on any atom is 0.335 e. The Balaban J connectivity index is 2.24. The molecule has 4 N–H and O–H groups in total. The molecule has 2 rings (SSSR count). The number of nitrogens with zero attached hydrogens (tertiary/aromatic N) is 2. The third-order valence-electron chi connectivity index (χ3n) is 2.80. The van der Waals surface area contributed by atoms with Crippen molar-refractivity contribution < 1.29 is 14.7 Å². The zero-order valence-electron chi connectivity index (χ0n) is 11.0. The molecule has 0 aliphatic carbocycles. The van der Waals surface area contributed by atoms with Crippen LogP contribution in [-0.2, 0) is 7.05 Å². The van der Waals surface area contributed by atoms with Crippen LogP contribution in [0.5, 0.6) is 0 Å². The first-order chi connectivity index (χ1) is 9.38. The van der Waals surface area contributed by atoms with E-state index in [0.29, 0.717) is 16.9 Å². The molecule has 1 aromatic heterocycles. The number of carboxylic acid groups (broad SMARTS) is 1. The monoisotopic (exact) mass is 274 g/mol. The van der Waals surface area contributed by atoms with Gasteiger partial charge in [-0.1, -0.05) is 0 Å². The number of nitrogens with two attached hydrogens (primary N) is 1. The third kappa shape index (κ3) is 2.61. The maximum absolute atomic E-state index is 12.1. The number of amides is 1. The SMILES string of the molecule is Cc1nn(C)cc1C(=O)Nc1ccc(C(=O)O)cc1N. The zero-order chi connectivity index (χ0) is 14.9. The van der Waals surface area contributed by atoms with Crippen molar-refractivity contribution in [3.8, 4) is 0 Å². The van der Waals surface area contributed by atoms with Gasteiger partial charge in [0.05, 0.1) is 28.2 Å². The van der Waals surface area contributed by atoms with Crippen molar-refractivity contribution in [1.82, 2.24) is 9.78 Å². The predicted octanol–water partition coefficient (Wildman–Crippen LogP) is 1.26. The van der Waals surface area contributed by atoms with Crippen LogP contribution in [-0.4, -0.2) is 26.8 Å². The summed E-state index contributed by atoms with van der Waals surface area (Å²) in [4.78, 5) is 22.9. The second-order valence-corrected chi connectivity index (χ2v) is 4.36. The number of anilines is 2. The lowest BCUT2D eigenvalue weighted by Crippen LogP contribution is -2.14. The fourth-order valence-corrected chi connectivity index (χ4v) is 1.82. The lowest BCUT2D eigenvalue weighted by Gasteiger charge is -2.08. The standard InChI is InChI=1S/C13H14N4O3/c1-7-9(6-17(2)16-7)12(18)15-11-4-3-8(13(19)20)5-10(11)14/h3-6H,14H2,1-2H3,(H,15,18)(H,19,20). The molecule has 0 unspecified atom stereocenters. The molecule has 1 heterocycles. The summed E-state index contributed by atoms with van der Waals surface area (Å²) in [5.74, 6) is -1.41. The van der Waals surface area contributed by atoms with E-state index in [1.54, 1.807) is 24.9 Å². The maximum atomic E-state index is 12.1. The van der Waals surface area contributed by atoms with Crippen LogP contribution in [0.4, 0.5) is 11.4 Å². The van der Waals surface area contributed by atoms with Crippen LogP contribution in [0.3, 0.4) is 0 Å². The molecule has 104 valence electrons. The van der Waals surface area contributed by atoms with Gasteiger partial charge in [-0.05, 0) is 25.1 Å². The fraction of sp³-hybridized carbons (Fsp3) is 0.154. The number of aromatic carboxylic acids is 1. The first-order valence-electron chi connectivity index (χ1n) is 5.83. The Morgan fingerprint density at radius 3 is 2.60 bits per heavy atom. The smallest absolute Gasteiger partial charge is 0.335 e. The quantitative estimate of drug-likeness (QED) is 0.730. The largest absolute Gasteiger partial charge is 0.478 e. The van der Waals surface area contributed by atoms with E-state index in [1.807, 2.05) is 0 Å². The summed E-state index contributed by atoms with van der Waals surface area (Å²) in [5, 5.41) is 15.6. The minimum atomic E-state index is -1.07. The predicted molar refractivity (Wildman–Crippen MR) is 73.7 cm³/mol. The summed E-state index contributed by atoms with van der Waals surface area (Å²) in [6.07, 6.45) is 1.60. The third-order valence-corrected chi connectivity index (χ3v) is 2.80. The van der Waals surface area contributed by atoms with Gasteiger partial charge in [0.1, 0.15) is 0 Å². The number of nitrogens with one attached hydrogen (secondary N) is 1. The molecule has 0 saturated heterocycles. The van der Waals surface area contributed by atoms with Gasteiger partial charge in [0, 0.05) is 13.2 Å². The van der Waals surface area contributed by atoms with Gasteiger partial charge in [-0.15, -0.1) is 0 Å². The fourth-order valence-electron chi connectivity index (χ4n) is 1.82. The topological polar surface area (TPSA) is 110 Å². The van der Waals surface area contributed by atoms with Crippen molar-refractivity contribution in [3.63, 3.8) is 0 Å². The average Bonchev–Trinajstić information content (AvgIpc) is 2.70. The van der Waals surface area contributed by atoms with Crippen molar-refractivity contribution in [2.75, 3.05) is 11.1 Å². The number of carbonyl (C=O) groups excluding carboxylic acids is 1. The highest BCUT2D eigenvalue weighted by molar-refractivity contribution is 6.06. The van der Waals surface area contributed by atoms with Crippen LogP contribution < -0.4 is 11.1 Å². The first kappa shape index (κ1) is 13.6. The summed E-state index contributed by atoms with van der Waals surface area (Å²) < 4.78 is 1.54. The first-order valence-corrected chi connectivity index (χ1v) is 5.83. The molecule has 0 atom stereocenters. The Morgan fingerprint density at radius 1 is 1.40 bits per heavy atom. The van der Waals surface area contributed by atoms with E-state index in [4.69, 9.17) is 10.8 Å². The normalized spacial score (nSPS) is 10.3. The van der Waals surface area contributed by atoms with Gasteiger partial charge in [-0.25, -0.2) is 4.79 Å². The van der Waals surface area contributed by atoms with E-state index in [1.165, 1.54) is 18.2 Å². The van der Waals surface area contributed by atoms with Crippen molar-refractivity contribution in [1.29, 1.82) is 0 Å². The zero-order valence-corrected chi connectivity index (χ0v) is 11.0. The van der Waals surface area contributed by atoms with Gasteiger partial charge in [0.25, 0.3) is 5.91 Å². The highest BCUT2D eigenvalue weighted by Crippen LogP contribution is 2.21. The van der Waals surface area contributed by atoms with Crippen LogP contribution in [0.2, 0.25) is 0 Å². The van der Waals surface area contributed by atoms with E-state index in [0.717, 1.165) is 0 Å². The second kappa shape index (κ2) is 5.04. The average molecular weight is 274 g/mol. The Bertz CT molecular complexity index is 691. The van der Waals surface area contributed by atoms with Crippen molar-refractivity contribution >= 4 is 23.3 Å². The summed E-state index contributed by atoms with van der Waals surface area (Å²) in [6.45, 7) is 1.73. The van der Waals surface area contributed by atoms with Crippen molar-refractivity contribution in [2.45, 2.75) is 6.92 Å². The molecule has 0 aliphatic rings. The van der Waals surface area contributed by atoms with E-state index < -0.39 is 5.97 Å². The lowest BCUT2D eigenvalue weighted by atomic mass is 10.1. The van der Waals surface area contributed by atoms with Gasteiger partial charge in [-0.3, -0.25) is 9.48 Å². The van der Waals surface area contributed by atoms with E-state index in [-0.39, 0.29) is 17.2 Å². The molecule has 1 aromatic carbocycles. The molecule has 0 spiro atoms. The summed E-state index contributed by atoms with van der Waals surface area (Å²) in [7, 11) is 1.72. The lowest BCUT2D eigenvalue weighted by molar-refractivity contribution is 0.0697. The number of nitrogen functional groups attached to an aromatic ring is 1. The number of hydrogen-bond acceptors (Lipinski definition) is 4. The molecule has 1 amide bonds. The summed E-state index contributed by atoms with van der Waals surface area (Å²) >= 11 is 0. The number of aryl methyl sites for hydroxylation is 2. The van der Waals surface area contributed by atoms with Gasteiger partial charge in [0.15, 0.2) is 0 Å². The molecule has 0 bridgehead atoms. The summed E-state index contributed by atoms with van der Waals surface area (Å²) in [5.41, 5.74) is 7.40. The summed E-state index contributed by atoms with van der Waals surface area (Å²) in [6, 6.07) is 4.14.